The lowest BCUT2D eigenvalue weighted by atomic mass is 9.84. The van der Waals surface area contributed by atoms with Crippen molar-refractivity contribution in [2.75, 3.05) is 13.7 Å². The fourth-order valence-electron chi connectivity index (χ4n) is 1.97. The van der Waals surface area contributed by atoms with Gasteiger partial charge >= 0.3 is 0 Å². The monoisotopic (exact) mass is 307 g/mol. The molecule has 21 heavy (non-hydrogen) atoms. The molecule has 4 nitrogen and oxygen atoms in total. The molecule has 1 amide bonds. The number of benzene rings is 1. The van der Waals surface area contributed by atoms with Crippen LogP contribution in [0.5, 0.6) is 5.75 Å². The summed E-state index contributed by atoms with van der Waals surface area (Å²) in [5, 5.41) is 3.06. The smallest absolute Gasteiger partial charge is 0.287 e. The molecule has 0 aliphatic heterocycles. The van der Waals surface area contributed by atoms with Crippen molar-refractivity contribution < 1.29 is 13.9 Å². The minimum atomic E-state index is -0.275. The van der Waals surface area contributed by atoms with Crippen LogP contribution in [0, 0.1) is 0 Å². The van der Waals surface area contributed by atoms with Crippen LogP contribution in [0.4, 0.5) is 0 Å². The van der Waals surface area contributed by atoms with E-state index in [1.54, 1.807) is 19.2 Å². The van der Waals surface area contributed by atoms with E-state index in [0.717, 1.165) is 11.3 Å². The minimum absolute atomic E-state index is 0.203. The highest BCUT2D eigenvalue weighted by Gasteiger charge is 2.22. The van der Waals surface area contributed by atoms with Gasteiger partial charge in [0.25, 0.3) is 5.91 Å². The van der Waals surface area contributed by atoms with E-state index in [-0.39, 0.29) is 22.3 Å². The van der Waals surface area contributed by atoms with Crippen molar-refractivity contribution in [2.45, 2.75) is 19.3 Å². The Labute approximate surface area is 129 Å². The van der Waals surface area contributed by atoms with Gasteiger partial charge in [0.15, 0.2) is 11.0 Å². The number of hydrogen-bond donors (Lipinski definition) is 1. The predicted octanol–water partition coefficient (Wildman–Crippen LogP) is 3.65. The second-order valence-electron chi connectivity index (χ2n) is 5.40. The summed E-state index contributed by atoms with van der Waals surface area (Å²) >= 11 is 5.66. The number of amides is 1. The van der Waals surface area contributed by atoms with E-state index in [1.165, 1.54) is 0 Å². The molecule has 0 atom stereocenters. The van der Waals surface area contributed by atoms with E-state index < -0.39 is 0 Å². The number of carbonyl (C=O) groups excluding carboxylic acids is 1. The van der Waals surface area contributed by atoms with Gasteiger partial charge in [-0.15, -0.1) is 0 Å². The molecule has 0 spiro atoms. The molecular weight excluding hydrogens is 290 g/mol. The molecule has 1 aromatic heterocycles. The van der Waals surface area contributed by atoms with Crippen molar-refractivity contribution in [1.29, 1.82) is 0 Å². The molecular formula is C16H18ClNO3. The molecule has 5 heteroatoms. The Kier molecular flexibility index (Phi) is 4.58. The first kappa shape index (κ1) is 15.4. The Hall–Kier alpha value is -1.94. The standard InChI is InChI=1S/C16H18ClNO3/c1-16(2,11-4-6-12(20-3)7-5-11)10-18-15(19)13-8-9-14(17)21-13/h4-9H,10H2,1-3H3,(H,18,19). The molecule has 1 heterocycles. The van der Waals surface area contributed by atoms with Crippen LogP contribution in [0.3, 0.4) is 0 Å². The summed E-state index contributed by atoms with van der Waals surface area (Å²) < 4.78 is 10.2. The van der Waals surface area contributed by atoms with Crippen molar-refractivity contribution in [1.82, 2.24) is 5.32 Å². The summed E-state index contributed by atoms with van der Waals surface area (Å²) in [6, 6.07) is 10.9. The zero-order valence-corrected chi connectivity index (χ0v) is 13.0. The van der Waals surface area contributed by atoms with E-state index in [2.05, 4.69) is 19.2 Å². The number of rotatable bonds is 5. The van der Waals surface area contributed by atoms with Gasteiger partial charge in [0.2, 0.25) is 0 Å². The maximum Gasteiger partial charge on any atom is 0.287 e. The van der Waals surface area contributed by atoms with Crippen LogP contribution in [0.25, 0.3) is 0 Å². The van der Waals surface area contributed by atoms with E-state index in [1.807, 2.05) is 24.3 Å². The topological polar surface area (TPSA) is 51.5 Å². The Bertz CT molecular complexity index is 617. The molecule has 2 aromatic rings. The molecule has 1 N–H and O–H groups in total. The zero-order valence-electron chi connectivity index (χ0n) is 12.3. The van der Waals surface area contributed by atoms with E-state index >= 15 is 0 Å². The number of ether oxygens (including phenoxy) is 1. The molecule has 0 saturated carbocycles. The van der Waals surface area contributed by atoms with Gasteiger partial charge in [0.05, 0.1) is 7.11 Å². The van der Waals surface area contributed by atoms with Crippen molar-refractivity contribution >= 4 is 17.5 Å². The van der Waals surface area contributed by atoms with Crippen LogP contribution in [0.1, 0.15) is 30.0 Å². The van der Waals surface area contributed by atoms with Gasteiger partial charge < -0.3 is 14.5 Å². The molecule has 0 bridgehead atoms. The SMILES string of the molecule is COc1ccc(C(C)(C)CNC(=O)c2ccc(Cl)o2)cc1. The van der Waals surface area contributed by atoms with E-state index in [0.29, 0.717) is 6.54 Å². The third-order valence-corrected chi connectivity index (χ3v) is 3.56. The highest BCUT2D eigenvalue weighted by Crippen LogP contribution is 2.24. The second-order valence-corrected chi connectivity index (χ2v) is 5.77. The molecule has 112 valence electrons. The number of methoxy groups -OCH3 is 1. The summed E-state index contributed by atoms with van der Waals surface area (Å²) in [5.74, 6) is 0.748. The van der Waals surface area contributed by atoms with E-state index in [9.17, 15) is 4.79 Å². The Morgan fingerprint density at radius 1 is 1.24 bits per heavy atom. The lowest BCUT2D eigenvalue weighted by molar-refractivity contribution is 0.0918. The van der Waals surface area contributed by atoms with Gasteiger partial charge in [-0.05, 0) is 41.4 Å². The second kappa shape index (κ2) is 6.22. The van der Waals surface area contributed by atoms with Crippen LogP contribution in [0.15, 0.2) is 40.8 Å². The fourth-order valence-corrected chi connectivity index (χ4v) is 2.12. The number of furan rings is 1. The first-order chi connectivity index (χ1) is 9.92. The minimum Gasteiger partial charge on any atom is -0.497 e. The van der Waals surface area contributed by atoms with Gasteiger partial charge in [-0.25, -0.2) is 0 Å². The van der Waals surface area contributed by atoms with Crippen molar-refractivity contribution in [2.24, 2.45) is 0 Å². The first-order valence-electron chi connectivity index (χ1n) is 6.60. The quantitative estimate of drug-likeness (QED) is 0.917. The molecule has 2 rings (SSSR count). The summed E-state index contributed by atoms with van der Waals surface area (Å²) in [7, 11) is 1.63. The lowest BCUT2D eigenvalue weighted by Gasteiger charge is -2.25. The van der Waals surface area contributed by atoms with Gasteiger partial charge in [0, 0.05) is 12.0 Å². The maximum absolute atomic E-state index is 12.0. The Balaban J connectivity index is 2.01. The average Bonchev–Trinajstić information content (AvgIpc) is 2.91. The Morgan fingerprint density at radius 2 is 1.90 bits per heavy atom. The average molecular weight is 308 g/mol. The predicted molar refractivity (Wildman–Crippen MR) is 82.1 cm³/mol. The Morgan fingerprint density at radius 3 is 2.43 bits per heavy atom. The summed E-state index contributed by atoms with van der Waals surface area (Å²) in [4.78, 5) is 12.0. The fraction of sp³-hybridized carbons (Fsp3) is 0.312. The van der Waals surface area contributed by atoms with Crippen molar-refractivity contribution in [3.8, 4) is 5.75 Å². The van der Waals surface area contributed by atoms with Crippen molar-refractivity contribution in [3.05, 3.63) is 52.9 Å². The highest BCUT2D eigenvalue weighted by molar-refractivity contribution is 6.29. The third kappa shape index (κ3) is 3.79. The molecule has 0 radical (unpaired) electrons. The maximum atomic E-state index is 12.0. The molecule has 0 aliphatic carbocycles. The van der Waals surface area contributed by atoms with E-state index in [4.69, 9.17) is 20.8 Å². The van der Waals surface area contributed by atoms with Crippen molar-refractivity contribution in [3.63, 3.8) is 0 Å². The first-order valence-corrected chi connectivity index (χ1v) is 6.98. The normalized spacial score (nSPS) is 11.2. The number of nitrogens with one attached hydrogen (secondary N) is 1. The van der Waals surface area contributed by atoms with Gasteiger partial charge in [-0.2, -0.15) is 0 Å². The van der Waals surface area contributed by atoms with Crippen LogP contribution < -0.4 is 10.1 Å². The molecule has 1 aromatic carbocycles. The number of carbonyl (C=O) groups is 1. The third-order valence-electron chi connectivity index (χ3n) is 3.36. The summed E-state index contributed by atoms with van der Waals surface area (Å²) in [6.07, 6.45) is 0. The van der Waals surface area contributed by atoms with Crippen LogP contribution in [0.2, 0.25) is 5.22 Å². The summed E-state index contributed by atoms with van der Waals surface area (Å²) in [6.45, 7) is 4.60. The van der Waals surface area contributed by atoms with Crippen LogP contribution in [-0.2, 0) is 5.41 Å². The number of hydrogen-bond acceptors (Lipinski definition) is 3. The highest BCUT2D eigenvalue weighted by atomic mass is 35.5. The zero-order chi connectivity index (χ0) is 15.5. The van der Waals surface area contributed by atoms with Gasteiger partial charge in [-0.1, -0.05) is 26.0 Å². The van der Waals surface area contributed by atoms with Crippen LogP contribution in [-0.4, -0.2) is 19.6 Å². The molecule has 0 saturated heterocycles. The van der Waals surface area contributed by atoms with Gasteiger partial charge in [-0.3, -0.25) is 4.79 Å². The molecule has 0 aliphatic rings. The number of halogens is 1. The van der Waals surface area contributed by atoms with Crippen LogP contribution >= 0.6 is 11.6 Å². The largest absolute Gasteiger partial charge is 0.497 e. The summed E-state index contributed by atoms with van der Waals surface area (Å²) in [5.41, 5.74) is 0.902. The molecule has 0 fully saturated rings. The molecule has 0 unspecified atom stereocenters. The lowest BCUT2D eigenvalue weighted by Crippen LogP contribution is -2.36. The van der Waals surface area contributed by atoms with Gasteiger partial charge in [0.1, 0.15) is 5.75 Å².